The first-order valence-electron chi connectivity index (χ1n) is 4.98. The Kier molecular flexibility index (Phi) is 3.58. The predicted molar refractivity (Wildman–Crippen MR) is 63.3 cm³/mol. The first-order chi connectivity index (χ1) is 8.60. The number of carbonyl (C=O) groups excluding carboxylic acids is 1. The summed E-state index contributed by atoms with van der Waals surface area (Å²) in [4.78, 5) is 10.4. The molecule has 0 saturated heterocycles. The lowest BCUT2D eigenvalue weighted by Crippen LogP contribution is -1.91. The van der Waals surface area contributed by atoms with Gasteiger partial charge in [-0.05, 0) is 30.3 Å². The molecule has 0 saturated carbocycles. The van der Waals surface area contributed by atoms with Crippen LogP contribution in [0, 0.1) is 11.6 Å². The van der Waals surface area contributed by atoms with Gasteiger partial charge in [-0.25, -0.2) is 8.78 Å². The maximum atomic E-state index is 13.5. The van der Waals surface area contributed by atoms with Crippen LogP contribution in [-0.4, -0.2) is 6.29 Å². The highest BCUT2D eigenvalue weighted by atomic mass is 35.5. The van der Waals surface area contributed by atoms with Crippen LogP contribution in [0.25, 0.3) is 0 Å². The van der Waals surface area contributed by atoms with E-state index in [0.29, 0.717) is 6.29 Å². The van der Waals surface area contributed by atoms with E-state index in [9.17, 15) is 13.6 Å². The lowest BCUT2D eigenvalue weighted by atomic mass is 10.2. The Bertz CT molecular complexity index is 600. The Morgan fingerprint density at radius 1 is 1.06 bits per heavy atom. The van der Waals surface area contributed by atoms with Crippen molar-refractivity contribution in [3.05, 3.63) is 58.6 Å². The molecule has 0 amide bonds. The second kappa shape index (κ2) is 5.14. The van der Waals surface area contributed by atoms with E-state index in [1.807, 2.05) is 0 Å². The molecule has 0 heterocycles. The normalized spacial score (nSPS) is 10.2. The molecule has 0 fully saturated rings. The molecule has 18 heavy (non-hydrogen) atoms. The van der Waals surface area contributed by atoms with Gasteiger partial charge in [-0.2, -0.15) is 0 Å². The van der Waals surface area contributed by atoms with Crippen molar-refractivity contribution >= 4 is 17.9 Å². The molecule has 0 aliphatic heterocycles. The third-order valence-corrected chi connectivity index (χ3v) is 2.50. The Balaban J connectivity index is 2.28. The van der Waals surface area contributed by atoms with Gasteiger partial charge in [0.15, 0.2) is 11.6 Å². The Labute approximate surface area is 107 Å². The van der Waals surface area contributed by atoms with Gasteiger partial charge < -0.3 is 4.74 Å². The molecule has 0 bridgehead atoms. The molecular weight excluding hydrogens is 262 g/mol. The zero-order valence-electron chi connectivity index (χ0n) is 8.99. The summed E-state index contributed by atoms with van der Waals surface area (Å²) in [5, 5.41) is -0.114. The summed E-state index contributed by atoms with van der Waals surface area (Å²) in [6.07, 6.45) is 0.529. The molecule has 0 spiro atoms. The van der Waals surface area contributed by atoms with Gasteiger partial charge in [-0.3, -0.25) is 4.79 Å². The van der Waals surface area contributed by atoms with E-state index in [1.165, 1.54) is 24.3 Å². The van der Waals surface area contributed by atoms with E-state index in [-0.39, 0.29) is 22.1 Å². The molecule has 0 aliphatic carbocycles. The molecule has 0 unspecified atom stereocenters. The summed E-state index contributed by atoms with van der Waals surface area (Å²) in [6.45, 7) is 0. The lowest BCUT2D eigenvalue weighted by Gasteiger charge is -2.07. The third kappa shape index (κ3) is 2.65. The van der Waals surface area contributed by atoms with E-state index in [0.717, 1.165) is 12.1 Å². The molecule has 2 aromatic carbocycles. The average Bonchev–Trinajstić information content (AvgIpc) is 2.36. The zero-order valence-corrected chi connectivity index (χ0v) is 9.75. The molecular formula is C13H7ClF2O2. The first-order valence-corrected chi connectivity index (χ1v) is 5.35. The summed E-state index contributed by atoms with van der Waals surface area (Å²) in [5.41, 5.74) is 0.206. The minimum atomic E-state index is -0.681. The van der Waals surface area contributed by atoms with E-state index >= 15 is 0 Å². The molecule has 2 aromatic rings. The van der Waals surface area contributed by atoms with Crippen molar-refractivity contribution in [2.75, 3.05) is 0 Å². The van der Waals surface area contributed by atoms with Gasteiger partial charge in [0.1, 0.15) is 17.9 Å². The number of ether oxygens (including phenoxy) is 1. The molecule has 2 rings (SSSR count). The molecule has 0 aliphatic rings. The lowest BCUT2D eigenvalue weighted by molar-refractivity contribution is 0.112. The molecule has 2 nitrogen and oxygen atoms in total. The van der Waals surface area contributed by atoms with Gasteiger partial charge in [0.25, 0.3) is 0 Å². The summed E-state index contributed by atoms with van der Waals surface area (Å²) in [5.74, 6) is -1.12. The molecule has 0 radical (unpaired) electrons. The third-order valence-electron chi connectivity index (χ3n) is 2.21. The number of aldehydes is 1. The highest BCUT2D eigenvalue weighted by molar-refractivity contribution is 6.30. The maximum absolute atomic E-state index is 13.5. The topological polar surface area (TPSA) is 26.3 Å². The van der Waals surface area contributed by atoms with Gasteiger partial charge in [0, 0.05) is 11.6 Å². The number of hydrogen-bond acceptors (Lipinski definition) is 2. The van der Waals surface area contributed by atoms with Crippen molar-refractivity contribution in [1.29, 1.82) is 0 Å². The van der Waals surface area contributed by atoms with Crippen molar-refractivity contribution in [3.63, 3.8) is 0 Å². The van der Waals surface area contributed by atoms with Crippen molar-refractivity contribution in [2.45, 2.75) is 0 Å². The van der Waals surface area contributed by atoms with Crippen LogP contribution in [0.2, 0.25) is 5.02 Å². The minimum absolute atomic E-state index is 0.0664. The molecule has 5 heteroatoms. The smallest absolute Gasteiger partial charge is 0.166 e. The van der Waals surface area contributed by atoms with Crippen LogP contribution in [0.15, 0.2) is 36.4 Å². The summed E-state index contributed by atoms with van der Waals surface area (Å²) < 4.78 is 31.6. The number of hydrogen-bond donors (Lipinski definition) is 0. The quantitative estimate of drug-likeness (QED) is 0.779. The fraction of sp³-hybridized carbons (Fsp3) is 0. The average molecular weight is 269 g/mol. The SMILES string of the molecule is O=Cc1ccc(Oc2ccc(F)c(Cl)c2)c(F)c1. The van der Waals surface area contributed by atoms with Gasteiger partial charge in [0.2, 0.25) is 0 Å². The standard InChI is InChI=1S/C13H7ClF2O2/c14-10-6-9(2-3-11(10)15)18-13-4-1-8(7-17)5-12(13)16/h1-7H. The van der Waals surface area contributed by atoms with Crippen molar-refractivity contribution in [3.8, 4) is 11.5 Å². The van der Waals surface area contributed by atoms with Crippen molar-refractivity contribution in [2.24, 2.45) is 0 Å². The summed E-state index contributed by atoms with van der Waals surface area (Å²) in [7, 11) is 0. The molecule has 0 N–H and O–H groups in total. The minimum Gasteiger partial charge on any atom is -0.454 e. The molecule has 92 valence electrons. The van der Waals surface area contributed by atoms with Crippen molar-refractivity contribution < 1.29 is 18.3 Å². The summed E-state index contributed by atoms with van der Waals surface area (Å²) in [6, 6.07) is 7.47. The predicted octanol–water partition coefficient (Wildman–Crippen LogP) is 4.22. The van der Waals surface area contributed by atoms with Crippen LogP contribution >= 0.6 is 11.6 Å². The van der Waals surface area contributed by atoms with Crippen LogP contribution in [-0.2, 0) is 0 Å². The largest absolute Gasteiger partial charge is 0.454 e. The van der Waals surface area contributed by atoms with Crippen LogP contribution in [0.4, 0.5) is 8.78 Å². The number of carbonyl (C=O) groups is 1. The zero-order chi connectivity index (χ0) is 13.1. The number of rotatable bonds is 3. The maximum Gasteiger partial charge on any atom is 0.166 e. The fourth-order valence-corrected chi connectivity index (χ4v) is 1.51. The van der Waals surface area contributed by atoms with E-state index < -0.39 is 11.6 Å². The number of halogens is 3. The van der Waals surface area contributed by atoms with E-state index in [2.05, 4.69) is 0 Å². The second-order valence-corrected chi connectivity index (χ2v) is 3.89. The Morgan fingerprint density at radius 3 is 2.44 bits per heavy atom. The molecule has 0 aromatic heterocycles. The number of benzene rings is 2. The van der Waals surface area contributed by atoms with Crippen LogP contribution in [0.3, 0.4) is 0 Å². The van der Waals surface area contributed by atoms with Crippen molar-refractivity contribution in [1.82, 2.24) is 0 Å². The monoisotopic (exact) mass is 268 g/mol. The Hall–Kier alpha value is -1.94. The fourth-order valence-electron chi connectivity index (χ4n) is 1.34. The summed E-state index contributed by atoms with van der Waals surface area (Å²) >= 11 is 5.57. The van der Waals surface area contributed by atoms with Crippen LogP contribution in [0.1, 0.15) is 10.4 Å². The Morgan fingerprint density at radius 2 is 1.83 bits per heavy atom. The van der Waals surface area contributed by atoms with E-state index in [4.69, 9.17) is 16.3 Å². The van der Waals surface area contributed by atoms with Crippen LogP contribution < -0.4 is 4.74 Å². The van der Waals surface area contributed by atoms with Crippen LogP contribution in [0.5, 0.6) is 11.5 Å². The van der Waals surface area contributed by atoms with Gasteiger partial charge >= 0.3 is 0 Å². The van der Waals surface area contributed by atoms with E-state index in [1.54, 1.807) is 0 Å². The van der Waals surface area contributed by atoms with Gasteiger partial charge in [-0.15, -0.1) is 0 Å². The van der Waals surface area contributed by atoms with Gasteiger partial charge in [-0.1, -0.05) is 11.6 Å². The highest BCUT2D eigenvalue weighted by Gasteiger charge is 2.07. The highest BCUT2D eigenvalue weighted by Crippen LogP contribution is 2.28. The van der Waals surface area contributed by atoms with Gasteiger partial charge in [0.05, 0.1) is 5.02 Å². The second-order valence-electron chi connectivity index (χ2n) is 3.49. The first kappa shape index (κ1) is 12.5. The molecule has 0 atom stereocenters.